The van der Waals surface area contributed by atoms with Gasteiger partial charge in [-0.1, -0.05) is 33.6 Å². The van der Waals surface area contributed by atoms with Crippen molar-refractivity contribution in [3.05, 3.63) is 0 Å². The van der Waals surface area contributed by atoms with E-state index in [-0.39, 0.29) is 0 Å². The van der Waals surface area contributed by atoms with Crippen LogP contribution < -0.4 is 5.32 Å². The molecule has 2 rings (SSSR count). The highest BCUT2D eigenvalue weighted by atomic mass is 16.5. The summed E-state index contributed by atoms with van der Waals surface area (Å²) in [6.45, 7) is 11.2. The molecule has 1 heterocycles. The van der Waals surface area contributed by atoms with Gasteiger partial charge in [-0.15, -0.1) is 0 Å². The fourth-order valence-electron chi connectivity index (χ4n) is 3.84. The smallest absolute Gasteiger partial charge is 0.0826 e. The summed E-state index contributed by atoms with van der Waals surface area (Å²) in [5.74, 6) is 0.822. The Hall–Kier alpha value is -0.120. The first-order valence-corrected chi connectivity index (χ1v) is 8.01. The fourth-order valence-corrected chi connectivity index (χ4v) is 3.84. The van der Waals surface area contributed by atoms with Gasteiger partial charge in [-0.2, -0.15) is 0 Å². The van der Waals surface area contributed by atoms with Crippen LogP contribution in [0.3, 0.4) is 0 Å². The number of ether oxygens (including phenoxy) is 1. The molecule has 3 heteroatoms. The zero-order chi connectivity index (χ0) is 13.9. The molecule has 1 aliphatic heterocycles. The van der Waals surface area contributed by atoms with Crippen LogP contribution in [0, 0.1) is 11.3 Å². The molecule has 1 saturated carbocycles. The van der Waals surface area contributed by atoms with Gasteiger partial charge >= 0.3 is 0 Å². The summed E-state index contributed by atoms with van der Waals surface area (Å²) in [6.07, 6.45) is 5.93. The maximum atomic E-state index is 5.86. The summed E-state index contributed by atoms with van der Waals surface area (Å²) in [5, 5.41) is 3.43. The van der Waals surface area contributed by atoms with Crippen LogP contribution in [0.15, 0.2) is 0 Å². The Kier molecular flexibility index (Phi) is 5.27. The van der Waals surface area contributed by atoms with Crippen molar-refractivity contribution in [2.75, 3.05) is 33.3 Å². The second kappa shape index (κ2) is 6.55. The van der Waals surface area contributed by atoms with Crippen LogP contribution in [-0.2, 0) is 4.74 Å². The van der Waals surface area contributed by atoms with Crippen LogP contribution in [0.4, 0.5) is 0 Å². The van der Waals surface area contributed by atoms with Crippen molar-refractivity contribution in [3.63, 3.8) is 0 Å². The molecule has 1 saturated heterocycles. The van der Waals surface area contributed by atoms with E-state index in [2.05, 4.69) is 38.0 Å². The van der Waals surface area contributed by atoms with Gasteiger partial charge in [-0.25, -0.2) is 0 Å². The standard InChI is InChI=1S/C16H32N2O/c1-16(2,3)14-7-5-6-8-15(14)18(4)12-13-11-17-9-10-19-13/h13-15,17H,5-12H2,1-4H3. The first-order chi connectivity index (χ1) is 8.98. The molecule has 0 aromatic rings. The molecule has 0 spiro atoms. The molecule has 1 N–H and O–H groups in total. The normalized spacial score (nSPS) is 33.6. The number of morpholine rings is 1. The largest absolute Gasteiger partial charge is 0.374 e. The van der Waals surface area contributed by atoms with Gasteiger partial charge in [0.1, 0.15) is 0 Å². The van der Waals surface area contributed by atoms with Crippen LogP contribution in [0.1, 0.15) is 46.5 Å². The maximum Gasteiger partial charge on any atom is 0.0826 e. The number of hydrogen-bond acceptors (Lipinski definition) is 3. The molecule has 3 atom stereocenters. The highest BCUT2D eigenvalue weighted by Gasteiger charge is 2.36. The average Bonchev–Trinajstić information content (AvgIpc) is 2.39. The van der Waals surface area contributed by atoms with Gasteiger partial charge in [-0.05, 0) is 31.2 Å². The summed E-state index contributed by atoms with van der Waals surface area (Å²) in [4.78, 5) is 2.58. The van der Waals surface area contributed by atoms with Crippen molar-refractivity contribution in [2.24, 2.45) is 11.3 Å². The monoisotopic (exact) mass is 268 g/mol. The van der Waals surface area contributed by atoms with Crippen LogP contribution >= 0.6 is 0 Å². The summed E-state index contributed by atoms with van der Waals surface area (Å²) in [5.41, 5.74) is 0.422. The third-order valence-electron chi connectivity index (χ3n) is 4.90. The molecule has 0 radical (unpaired) electrons. The average molecular weight is 268 g/mol. The molecule has 2 aliphatic rings. The third kappa shape index (κ3) is 4.17. The van der Waals surface area contributed by atoms with Gasteiger partial charge in [0, 0.05) is 25.7 Å². The van der Waals surface area contributed by atoms with Crippen molar-refractivity contribution in [1.82, 2.24) is 10.2 Å². The van der Waals surface area contributed by atoms with E-state index in [9.17, 15) is 0 Å². The first-order valence-electron chi connectivity index (χ1n) is 8.01. The predicted molar refractivity (Wildman–Crippen MR) is 80.4 cm³/mol. The lowest BCUT2D eigenvalue weighted by Gasteiger charge is -2.45. The van der Waals surface area contributed by atoms with Crippen LogP contribution in [0.25, 0.3) is 0 Å². The minimum atomic E-state index is 0.376. The Labute approximate surface area is 119 Å². The molecule has 3 nitrogen and oxygen atoms in total. The molecule has 112 valence electrons. The Morgan fingerprint density at radius 2 is 1.95 bits per heavy atom. The van der Waals surface area contributed by atoms with Crippen LogP contribution in [0.5, 0.6) is 0 Å². The van der Waals surface area contributed by atoms with E-state index >= 15 is 0 Å². The Morgan fingerprint density at radius 1 is 1.21 bits per heavy atom. The SMILES string of the molecule is CN(CC1CNCCO1)C1CCCCC1C(C)(C)C. The molecule has 0 aromatic heterocycles. The van der Waals surface area contributed by atoms with E-state index in [0.29, 0.717) is 11.5 Å². The number of rotatable bonds is 3. The zero-order valence-electron chi connectivity index (χ0n) is 13.2. The summed E-state index contributed by atoms with van der Waals surface area (Å²) >= 11 is 0. The van der Waals surface area contributed by atoms with Gasteiger partial charge in [0.2, 0.25) is 0 Å². The summed E-state index contributed by atoms with van der Waals surface area (Å²) in [6, 6.07) is 0.735. The maximum absolute atomic E-state index is 5.86. The third-order valence-corrected chi connectivity index (χ3v) is 4.90. The van der Waals surface area contributed by atoms with Crippen molar-refractivity contribution < 1.29 is 4.74 Å². The van der Waals surface area contributed by atoms with Crippen molar-refractivity contribution in [3.8, 4) is 0 Å². The predicted octanol–water partition coefficient (Wildman–Crippen LogP) is 2.51. The number of nitrogens with one attached hydrogen (secondary N) is 1. The van der Waals surface area contributed by atoms with Gasteiger partial charge < -0.3 is 15.0 Å². The number of likely N-dealkylation sites (N-methyl/N-ethyl adjacent to an activating group) is 1. The van der Waals surface area contributed by atoms with Crippen molar-refractivity contribution in [1.29, 1.82) is 0 Å². The lowest BCUT2D eigenvalue weighted by Crippen LogP contribution is -2.51. The molecular formula is C16H32N2O. The van der Waals surface area contributed by atoms with E-state index in [0.717, 1.165) is 38.2 Å². The highest BCUT2D eigenvalue weighted by Crippen LogP contribution is 2.40. The van der Waals surface area contributed by atoms with Crippen LogP contribution in [-0.4, -0.2) is 50.3 Å². The molecule has 2 fully saturated rings. The number of hydrogen-bond donors (Lipinski definition) is 1. The summed E-state index contributed by atoms with van der Waals surface area (Å²) in [7, 11) is 2.30. The molecule has 19 heavy (non-hydrogen) atoms. The molecule has 3 unspecified atom stereocenters. The van der Waals surface area contributed by atoms with E-state index in [1.807, 2.05) is 0 Å². The fraction of sp³-hybridized carbons (Fsp3) is 1.00. The number of nitrogens with zero attached hydrogens (tertiary/aromatic N) is 1. The molecule has 0 aromatic carbocycles. The second-order valence-corrected chi connectivity index (χ2v) is 7.46. The van der Waals surface area contributed by atoms with Crippen molar-refractivity contribution in [2.45, 2.75) is 58.6 Å². The summed E-state index contributed by atoms with van der Waals surface area (Å²) < 4.78 is 5.86. The van der Waals surface area contributed by atoms with Gasteiger partial charge in [0.15, 0.2) is 0 Å². The first kappa shape index (κ1) is 15.3. The lowest BCUT2D eigenvalue weighted by molar-refractivity contribution is -0.0185. The topological polar surface area (TPSA) is 24.5 Å². The van der Waals surface area contributed by atoms with Gasteiger partial charge in [0.05, 0.1) is 12.7 Å². The lowest BCUT2D eigenvalue weighted by atomic mass is 9.69. The van der Waals surface area contributed by atoms with E-state index in [4.69, 9.17) is 4.74 Å². The van der Waals surface area contributed by atoms with Gasteiger partial charge in [-0.3, -0.25) is 0 Å². The van der Waals surface area contributed by atoms with E-state index in [1.165, 1.54) is 25.7 Å². The Bertz CT molecular complexity index is 268. The highest BCUT2D eigenvalue weighted by molar-refractivity contribution is 4.89. The molecule has 0 bridgehead atoms. The van der Waals surface area contributed by atoms with E-state index < -0.39 is 0 Å². The van der Waals surface area contributed by atoms with Gasteiger partial charge in [0.25, 0.3) is 0 Å². The minimum Gasteiger partial charge on any atom is -0.374 e. The molecular weight excluding hydrogens is 236 g/mol. The van der Waals surface area contributed by atoms with E-state index in [1.54, 1.807) is 0 Å². The quantitative estimate of drug-likeness (QED) is 0.851. The minimum absolute atomic E-state index is 0.376. The Morgan fingerprint density at radius 3 is 2.58 bits per heavy atom. The second-order valence-electron chi connectivity index (χ2n) is 7.46. The molecule has 1 aliphatic carbocycles. The van der Waals surface area contributed by atoms with Crippen molar-refractivity contribution >= 4 is 0 Å². The zero-order valence-corrected chi connectivity index (χ0v) is 13.2. The molecule has 0 amide bonds. The Balaban J connectivity index is 1.92. The van der Waals surface area contributed by atoms with Crippen LogP contribution in [0.2, 0.25) is 0 Å².